The molecule has 7 nitrogen and oxygen atoms in total. The summed E-state index contributed by atoms with van der Waals surface area (Å²) in [5, 5.41) is 5.01. The van der Waals surface area contributed by atoms with Gasteiger partial charge in [0.1, 0.15) is 0 Å². The Labute approximate surface area is 148 Å². The third kappa shape index (κ3) is 3.00. The predicted octanol–water partition coefficient (Wildman–Crippen LogP) is 2.29. The molecule has 0 saturated heterocycles. The van der Waals surface area contributed by atoms with Gasteiger partial charge in [0.25, 0.3) is 17.6 Å². The smallest absolute Gasteiger partial charge is 0.261 e. The van der Waals surface area contributed by atoms with Gasteiger partial charge in [-0.2, -0.15) is 4.98 Å². The van der Waals surface area contributed by atoms with Crippen molar-refractivity contribution in [1.29, 1.82) is 0 Å². The average Bonchev–Trinajstić information content (AvgIpc) is 3.15. The van der Waals surface area contributed by atoms with E-state index in [2.05, 4.69) is 15.1 Å². The van der Waals surface area contributed by atoms with E-state index in [9.17, 15) is 9.59 Å². The SMILES string of the molecule is O=C1c2ccccc2C(=O)N1CCCCSc1nc2ncccn2n1. The number of thioether (sulfide) groups is 1. The number of rotatable bonds is 6. The van der Waals surface area contributed by atoms with E-state index in [0.29, 0.717) is 28.6 Å². The van der Waals surface area contributed by atoms with E-state index in [4.69, 9.17) is 0 Å². The molecule has 25 heavy (non-hydrogen) atoms. The van der Waals surface area contributed by atoms with Crippen molar-refractivity contribution in [3.63, 3.8) is 0 Å². The minimum Gasteiger partial charge on any atom is -0.274 e. The van der Waals surface area contributed by atoms with Crippen LogP contribution in [0.25, 0.3) is 5.78 Å². The Morgan fingerprint density at radius 2 is 1.76 bits per heavy atom. The molecule has 0 unspecified atom stereocenters. The molecule has 0 radical (unpaired) electrons. The lowest BCUT2D eigenvalue weighted by Crippen LogP contribution is -2.30. The van der Waals surface area contributed by atoms with Crippen molar-refractivity contribution in [2.24, 2.45) is 0 Å². The van der Waals surface area contributed by atoms with Gasteiger partial charge in [-0.3, -0.25) is 14.5 Å². The highest BCUT2D eigenvalue weighted by atomic mass is 32.2. The van der Waals surface area contributed by atoms with Crippen LogP contribution in [0, 0.1) is 0 Å². The van der Waals surface area contributed by atoms with Gasteiger partial charge in [0, 0.05) is 24.7 Å². The lowest BCUT2D eigenvalue weighted by atomic mass is 10.1. The van der Waals surface area contributed by atoms with Crippen molar-refractivity contribution >= 4 is 29.4 Å². The standard InChI is InChI=1S/C17H15N5O2S/c23-14-12-6-1-2-7-13(12)15(24)21(14)9-3-4-11-25-17-19-16-18-8-5-10-22(16)20-17/h1-2,5-8,10H,3-4,9,11H2. The van der Waals surface area contributed by atoms with E-state index >= 15 is 0 Å². The molecule has 3 aromatic rings. The molecule has 4 rings (SSSR count). The topological polar surface area (TPSA) is 80.5 Å². The zero-order valence-electron chi connectivity index (χ0n) is 13.3. The number of hydrogen-bond donors (Lipinski definition) is 0. The first-order valence-corrected chi connectivity index (χ1v) is 8.98. The fourth-order valence-corrected chi connectivity index (χ4v) is 3.58. The number of carbonyl (C=O) groups excluding carboxylic acids is 2. The van der Waals surface area contributed by atoms with Crippen molar-refractivity contribution in [2.45, 2.75) is 18.0 Å². The third-order valence-electron chi connectivity index (χ3n) is 3.98. The van der Waals surface area contributed by atoms with Gasteiger partial charge in [0.05, 0.1) is 11.1 Å². The van der Waals surface area contributed by atoms with Crippen molar-refractivity contribution in [2.75, 3.05) is 12.3 Å². The molecule has 2 aromatic heterocycles. The van der Waals surface area contributed by atoms with Crippen LogP contribution in [0.15, 0.2) is 47.9 Å². The predicted molar refractivity (Wildman–Crippen MR) is 92.5 cm³/mol. The second-order valence-electron chi connectivity index (χ2n) is 5.62. The van der Waals surface area contributed by atoms with Gasteiger partial charge < -0.3 is 0 Å². The summed E-state index contributed by atoms with van der Waals surface area (Å²) in [6.07, 6.45) is 5.10. The highest BCUT2D eigenvalue weighted by Gasteiger charge is 2.34. The van der Waals surface area contributed by atoms with Crippen LogP contribution in [0.5, 0.6) is 0 Å². The third-order valence-corrected chi connectivity index (χ3v) is 4.91. The number of nitrogens with zero attached hydrogens (tertiary/aromatic N) is 5. The van der Waals surface area contributed by atoms with Crippen molar-refractivity contribution < 1.29 is 9.59 Å². The van der Waals surface area contributed by atoms with E-state index < -0.39 is 0 Å². The average molecular weight is 353 g/mol. The summed E-state index contributed by atoms with van der Waals surface area (Å²) in [5.41, 5.74) is 1.01. The second-order valence-corrected chi connectivity index (χ2v) is 6.68. The first kappa shape index (κ1) is 15.8. The molecule has 0 saturated carbocycles. The van der Waals surface area contributed by atoms with E-state index in [0.717, 1.165) is 18.6 Å². The van der Waals surface area contributed by atoms with Crippen molar-refractivity contribution in [3.05, 3.63) is 53.9 Å². The molecular weight excluding hydrogens is 338 g/mol. The maximum atomic E-state index is 12.3. The Morgan fingerprint density at radius 1 is 1.00 bits per heavy atom. The van der Waals surface area contributed by atoms with Gasteiger partial charge in [0.2, 0.25) is 5.16 Å². The highest BCUT2D eigenvalue weighted by Crippen LogP contribution is 2.23. The minimum absolute atomic E-state index is 0.193. The molecule has 1 aliphatic rings. The summed E-state index contributed by atoms with van der Waals surface area (Å²) < 4.78 is 1.64. The fraction of sp³-hybridized carbons (Fsp3) is 0.235. The first-order chi connectivity index (χ1) is 12.2. The van der Waals surface area contributed by atoms with E-state index in [1.165, 1.54) is 4.90 Å². The summed E-state index contributed by atoms with van der Waals surface area (Å²) in [5.74, 6) is 1.01. The van der Waals surface area contributed by atoms with Gasteiger partial charge in [-0.1, -0.05) is 23.9 Å². The summed E-state index contributed by atoms with van der Waals surface area (Å²) >= 11 is 1.55. The molecule has 8 heteroatoms. The maximum Gasteiger partial charge on any atom is 0.261 e. The number of benzene rings is 1. The van der Waals surface area contributed by atoms with E-state index in [-0.39, 0.29) is 11.8 Å². The normalized spacial score (nSPS) is 13.7. The Kier molecular flexibility index (Phi) is 4.19. The van der Waals surface area contributed by atoms with Crippen molar-refractivity contribution in [1.82, 2.24) is 24.5 Å². The molecular formula is C17H15N5O2S. The van der Waals surface area contributed by atoms with Crippen LogP contribution in [0.1, 0.15) is 33.6 Å². The van der Waals surface area contributed by atoms with Crippen molar-refractivity contribution in [3.8, 4) is 0 Å². The number of unbranched alkanes of at least 4 members (excludes halogenated alkanes) is 1. The molecule has 3 heterocycles. The van der Waals surface area contributed by atoms with Crippen LogP contribution < -0.4 is 0 Å². The molecule has 0 N–H and O–H groups in total. The van der Waals surface area contributed by atoms with E-state index in [1.54, 1.807) is 52.8 Å². The van der Waals surface area contributed by atoms with Gasteiger partial charge in [-0.25, -0.2) is 9.50 Å². The van der Waals surface area contributed by atoms with Gasteiger partial charge >= 0.3 is 0 Å². The second kappa shape index (κ2) is 6.64. The quantitative estimate of drug-likeness (QED) is 0.384. The molecule has 0 atom stereocenters. The lowest BCUT2D eigenvalue weighted by molar-refractivity contribution is 0.0652. The van der Waals surface area contributed by atoms with Crippen LogP contribution >= 0.6 is 11.8 Å². The zero-order chi connectivity index (χ0) is 17.2. The van der Waals surface area contributed by atoms with Gasteiger partial charge in [0.15, 0.2) is 0 Å². The van der Waals surface area contributed by atoms with Crippen LogP contribution in [0.2, 0.25) is 0 Å². The van der Waals surface area contributed by atoms with Crippen LogP contribution in [0.3, 0.4) is 0 Å². The number of hydrogen-bond acceptors (Lipinski definition) is 6. The molecule has 0 fully saturated rings. The van der Waals surface area contributed by atoms with Gasteiger partial charge in [-0.15, -0.1) is 5.10 Å². The number of fused-ring (bicyclic) bond motifs is 2. The van der Waals surface area contributed by atoms with Gasteiger partial charge in [-0.05, 0) is 31.0 Å². The highest BCUT2D eigenvalue weighted by molar-refractivity contribution is 7.99. The largest absolute Gasteiger partial charge is 0.274 e. The molecule has 1 aromatic carbocycles. The molecule has 1 aliphatic heterocycles. The lowest BCUT2D eigenvalue weighted by Gasteiger charge is -2.13. The Bertz CT molecular complexity index is 887. The first-order valence-electron chi connectivity index (χ1n) is 7.99. The maximum absolute atomic E-state index is 12.3. The summed E-state index contributed by atoms with van der Waals surface area (Å²) in [6.45, 7) is 0.438. The minimum atomic E-state index is -0.193. The molecule has 0 spiro atoms. The number of aromatic nitrogens is 4. The zero-order valence-corrected chi connectivity index (χ0v) is 14.1. The number of amides is 2. The van der Waals surface area contributed by atoms with Crippen LogP contribution in [-0.4, -0.2) is 48.6 Å². The molecule has 2 amide bonds. The number of imide groups is 1. The summed E-state index contributed by atoms with van der Waals surface area (Å²) in [4.78, 5) is 34.3. The molecule has 0 aliphatic carbocycles. The fourth-order valence-electron chi connectivity index (χ4n) is 2.75. The van der Waals surface area contributed by atoms with Crippen LogP contribution in [0.4, 0.5) is 0 Å². The molecule has 126 valence electrons. The Morgan fingerprint density at radius 3 is 2.48 bits per heavy atom. The van der Waals surface area contributed by atoms with Crippen LogP contribution in [-0.2, 0) is 0 Å². The van der Waals surface area contributed by atoms with E-state index in [1.807, 2.05) is 6.20 Å². The summed E-state index contributed by atoms with van der Waals surface area (Å²) in [6, 6.07) is 8.77. The summed E-state index contributed by atoms with van der Waals surface area (Å²) in [7, 11) is 0. The Balaban J connectivity index is 1.27. The Hall–Kier alpha value is -2.74. The monoisotopic (exact) mass is 353 g/mol. The molecule has 0 bridgehead atoms. The number of carbonyl (C=O) groups is 2.